The van der Waals surface area contributed by atoms with Crippen molar-refractivity contribution in [3.8, 4) is 11.5 Å². The number of nitrogens with one attached hydrogen (secondary N) is 1. The maximum absolute atomic E-state index is 12.4. The van der Waals surface area contributed by atoms with Crippen LogP contribution in [-0.4, -0.2) is 35.9 Å². The molecule has 0 bridgehead atoms. The number of ether oxygens (including phenoxy) is 2. The monoisotopic (exact) mass is 345 g/mol. The van der Waals surface area contributed by atoms with Crippen molar-refractivity contribution in [3.63, 3.8) is 0 Å². The molecular weight excluding hydrogens is 318 g/mol. The van der Waals surface area contributed by atoms with E-state index in [1.165, 1.54) is 0 Å². The third-order valence-electron chi connectivity index (χ3n) is 3.92. The summed E-state index contributed by atoms with van der Waals surface area (Å²) in [6.07, 6.45) is 0. The zero-order valence-corrected chi connectivity index (χ0v) is 15.6. The van der Waals surface area contributed by atoms with Crippen LogP contribution in [0.25, 0.3) is 0 Å². The summed E-state index contributed by atoms with van der Waals surface area (Å²) in [5.41, 5.74) is 2.70. The minimum Gasteiger partial charge on any atom is -0.493 e. The number of rotatable bonds is 8. The predicted octanol–water partition coefficient (Wildman–Crippen LogP) is 2.97. The summed E-state index contributed by atoms with van der Waals surface area (Å²) in [7, 11) is 1.58. The average Bonchev–Trinajstić information content (AvgIpc) is 2.90. The Bertz CT molecular complexity index is 725. The van der Waals surface area contributed by atoms with E-state index in [2.05, 4.69) is 23.4 Å². The normalized spacial score (nSPS) is 11.9. The maximum Gasteiger partial charge on any atom is 0.251 e. The summed E-state index contributed by atoms with van der Waals surface area (Å²) in [6, 6.07) is 7.25. The molecule has 2 aromatic rings. The van der Waals surface area contributed by atoms with Gasteiger partial charge in [0.15, 0.2) is 11.5 Å². The number of hydrogen-bond acceptors (Lipinski definition) is 4. The van der Waals surface area contributed by atoms with Crippen molar-refractivity contribution in [3.05, 3.63) is 41.2 Å². The zero-order valence-electron chi connectivity index (χ0n) is 15.6. The van der Waals surface area contributed by atoms with Gasteiger partial charge in [-0.2, -0.15) is 5.10 Å². The molecule has 2 rings (SSSR count). The first-order chi connectivity index (χ1) is 11.9. The molecular formula is C19H27N3O3. The van der Waals surface area contributed by atoms with Crippen molar-refractivity contribution >= 4 is 5.91 Å². The highest BCUT2D eigenvalue weighted by atomic mass is 16.5. The molecule has 1 heterocycles. The SMILES string of the molecule is CCOc1cc(C(=O)NCC(C)Cn2nc(C)cc2C)ccc1OC. The van der Waals surface area contributed by atoms with Crippen LogP contribution in [0.5, 0.6) is 11.5 Å². The first-order valence-electron chi connectivity index (χ1n) is 8.54. The molecule has 25 heavy (non-hydrogen) atoms. The number of hydrogen-bond donors (Lipinski definition) is 1. The molecule has 0 fully saturated rings. The number of carbonyl (C=O) groups is 1. The Kier molecular flexibility index (Phi) is 6.44. The molecule has 0 saturated heterocycles. The van der Waals surface area contributed by atoms with Gasteiger partial charge in [-0.3, -0.25) is 9.48 Å². The summed E-state index contributed by atoms with van der Waals surface area (Å²) < 4.78 is 12.7. The van der Waals surface area contributed by atoms with E-state index >= 15 is 0 Å². The molecule has 136 valence electrons. The van der Waals surface area contributed by atoms with Gasteiger partial charge < -0.3 is 14.8 Å². The summed E-state index contributed by atoms with van der Waals surface area (Å²) in [4.78, 5) is 12.4. The number of carbonyl (C=O) groups excluding carboxylic acids is 1. The van der Waals surface area contributed by atoms with Crippen LogP contribution in [0.4, 0.5) is 0 Å². The van der Waals surface area contributed by atoms with Gasteiger partial charge in [-0.05, 0) is 51.0 Å². The Hall–Kier alpha value is -2.50. The van der Waals surface area contributed by atoms with Gasteiger partial charge in [0.2, 0.25) is 0 Å². The fraction of sp³-hybridized carbons (Fsp3) is 0.474. The van der Waals surface area contributed by atoms with Crippen LogP contribution < -0.4 is 14.8 Å². The topological polar surface area (TPSA) is 65.4 Å². The van der Waals surface area contributed by atoms with Crippen molar-refractivity contribution in [2.45, 2.75) is 34.2 Å². The van der Waals surface area contributed by atoms with Gasteiger partial charge in [-0.1, -0.05) is 6.92 Å². The van der Waals surface area contributed by atoms with E-state index in [-0.39, 0.29) is 11.8 Å². The number of methoxy groups -OCH3 is 1. The van der Waals surface area contributed by atoms with Gasteiger partial charge in [0.25, 0.3) is 5.91 Å². The molecule has 0 spiro atoms. The Morgan fingerprint density at radius 1 is 1.28 bits per heavy atom. The Morgan fingerprint density at radius 3 is 2.64 bits per heavy atom. The highest BCUT2D eigenvalue weighted by molar-refractivity contribution is 5.94. The van der Waals surface area contributed by atoms with Crippen LogP contribution in [0.2, 0.25) is 0 Å². The van der Waals surface area contributed by atoms with E-state index in [0.29, 0.717) is 30.2 Å². The summed E-state index contributed by atoms with van der Waals surface area (Å²) in [5.74, 6) is 1.35. The molecule has 1 amide bonds. The lowest BCUT2D eigenvalue weighted by atomic mass is 10.1. The van der Waals surface area contributed by atoms with Gasteiger partial charge in [-0.25, -0.2) is 0 Å². The summed E-state index contributed by atoms with van der Waals surface area (Å²) in [6.45, 7) is 9.87. The van der Waals surface area contributed by atoms with Crippen LogP contribution in [0.15, 0.2) is 24.3 Å². The lowest BCUT2D eigenvalue weighted by molar-refractivity contribution is 0.0946. The van der Waals surface area contributed by atoms with E-state index in [9.17, 15) is 4.79 Å². The molecule has 1 atom stereocenters. The van der Waals surface area contributed by atoms with Crippen LogP contribution in [-0.2, 0) is 6.54 Å². The number of benzene rings is 1. The standard InChI is InChI=1S/C19H27N3O3/c1-6-25-18-10-16(7-8-17(18)24-5)19(23)20-11-13(2)12-22-15(4)9-14(3)21-22/h7-10,13H,6,11-12H2,1-5H3,(H,20,23). The molecule has 0 radical (unpaired) electrons. The zero-order chi connectivity index (χ0) is 18.4. The van der Waals surface area contributed by atoms with Gasteiger partial charge in [0, 0.05) is 24.3 Å². The number of aryl methyl sites for hydroxylation is 2. The van der Waals surface area contributed by atoms with Crippen LogP contribution in [0, 0.1) is 19.8 Å². The molecule has 0 aliphatic heterocycles. The molecule has 1 N–H and O–H groups in total. The van der Waals surface area contributed by atoms with Crippen molar-refractivity contribution < 1.29 is 14.3 Å². The fourth-order valence-corrected chi connectivity index (χ4v) is 2.67. The lowest BCUT2D eigenvalue weighted by Crippen LogP contribution is -2.30. The largest absolute Gasteiger partial charge is 0.493 e. The first kappa shape index (κ1) is 18.8. The van der Waals surface area contributed by atoms with Gasteiger partial charge in [0.1, 0.15) is 0 Å². The summed E-state index contributed by atoms with van der Waals surface area (Å²) in [5, 5.41) is 7.44. The Labute approximate surface area is 149 Å². The molecule has 0 aliphatic carbocycles. The quantitative estimate of drug-likeness (QED) is 0.799. The molecule has 6 heteroatoms. The van der Waals surface area contributed by atoms with Crippen LogP contribution in [0.3, 0.4) is 0 Å². The Morgan fingerprint density at radius 2 is 2.04 bits per heavy atom. The second-order valence-corrected chi connectivity index (χ2v) is 6.22. The van der Waals surface area contributed by atoms with E-state index in [1.54, 1.807) is 25.3 Å². The third-order valence-corrected chi connectivity index (χ3v) is 3.92. The van der Waals surface area contributed by atoms with Gasteiger partial charge in [-0.15, -0.1) is 0 Å². The first-order valence-corrected chi connectivity index (χ1v) is 8.54. The number of aromatic nitrogens is 2. The smallest absolute Gasteiger partial charge is 0.251 e. The molecule has 1 aromatic heterocycles. The van der Waals surface area contributed by atoms with Crippen molar-refractivity contribution in [2.24, 2.45) is 5.92 Å². The van der Waals surface area contributed by atoms with E-state index in [0.717, 1.165) is 17.9 Å². The molecule has 0 saturated carbocycles. The molecule has 1 aromatic carbocycles. The number of amides is 1. The van der Waals surface area contributed by atoms with E-state index in [4.69, 9.17) is 9.47 Å². The second kappa shape index (κ2) is 8.55. The summed E-state index contributed by atoms with van der Waals surface area (Å²) >= 11 is 0. The van der Waals surface area contributed by atoms with Crippen molar-refractivity contribution in [1.82, 2.24) is 15.1 Å². The minimum absolute atomic E-state index is 0.121. The van der Waals surface area contributed by atoms with E-state index in [1.807, 2.05) is 25.5 Å². The number of nitrogens with zero attached hydrogens (tertiary/aromatic N) is 2. The van der Waals surface area contributed by atoms with Crippen LogP contribution in [0.1, 0.15) is 35.6 Å². The third kappa shape index (κ3) is 4.98. The van der Waals surface area contributed by atoms with Crippen LogP contribution >= 0.6 is 0 Å². The minimum atomic E-state index is -0.121. The Balaban J connectivity index is 1.95. The molecule has 0 aliphatic rings. The lowest BCUT2D eigenvalue weighted by Gasteiger charge is -2.15. The maximum atomic E-state index is 12.4. The van der Waals surface area contributed by atoms with Crippen molar-refractivity contribution in [2.75, 3.05) is 20.3 Å². The molecule has 6 nitrogen and oxygen atoms in total. The predicted molar refractivity (Wildman–Crippen MR) is 97.4 cm³/mol. The average molecular weight is 345 g/mol. The second-order valence-electron chi connectivity index (χ2n) is 6.22. The van der Waals surface area contributed by atoms with Gasteiger partial charge in [0.05, 0.1) is 19.4 Å². The van der Waals surface area contributed by atoms with E-state index < -0.39 is 0 Å². The highest BCUT2D eigenvalue weighted by Gasteiger charge is 2.13. The fourth-order valence-electron chi connectivity index (χ4n) is 2.67. The molecule has 1 unspecified atom stereocenters. The van der Waals surface area contributed by atoms with Gasteiger partial charge >= 0.3 is 0 Å². The highest BCUT2D eigenvalue weighted by Crippen LogP contribution is 2.28. The van der Waals surface area contributed by atoms with Crippen molar-refractivity contribution in [1.29, 1.82) is 0 Å².